The highest BCUT2D eigenvalue weighted by Gasteiger charge is 2.35. The molecule has 1 N–H and O–H groups in total. The molecule has 2 rings (SSSR count). The first-order valence-electron chi connectivity index (χ1n) is 6.99. The first kappa shape index (κ1) is 16.7. The molecule has 0 saturated heterocycles. The summed E-state index contributed by atoms with van der Waals surface area (Å²) in [6.45, 7) is 1.71. The van der Waals surface area contributed by atoms with Crippen LogP contribution in [0.1, 0.15) is 18.5 Å². The van der Waals surface area contributed by atoms with Gasteiger partial charge in [-0.15, -0.1) is 0 Å². The number of methoxy groups -OCH3 is 3. The molecule has 0 saturated carbocycles. The monoisotopic (exact) mass is 320 g/mol. The number of hydrogen-bond donors (Lipinski definition) is 1. The van der Waals surface area contributed by atoms with E-state index in [4.69, 9.17) is 14.2 Å². The predicted molar refractivity (Wildman–Crippen MR) is 83.3 cm³/mol. The summed E-state index contributed by atoms with van der Waals surface area (Å²) in [7, 11) is 5.97. The Kier molecular flexibility index (Phi) is 4.78. The van der Waals surface area contributed by atoms with Gasteiger partial charge < -0.3 is 24.4 Å². The van der Waals surface area contributed by atoms with Crippen LogP contribution in [0.5, 0.6) is 11.5 Å². The molecule has 1 aliphatic heterocycles. The maximum absolute atomic E-state index is 12.2. The Balaban J connectivity index is 2.55. The summed E-state index contributed by atoms with van der Waals surface area (Å²) in [5, 5.41) is 2.80. The zero-order valence-electron chi connectivity index (χ0n) is 13.8. The standard InChI is InChI=1S/C16H20N2O5/c1-9-13(15(19)23-5)14(17-16(20)18(9)2)10-6-7-11(21-3)12(8-10)22-4/h6-8,14H,1-5H3,(H,17,20)/t14-/m1/s1. The fourth-order valence-electron chi connectivity index (χ4n) is 2.49. The van der Waals surface area contributed by atoms with Gasteiger partial charge in [-0.05, 0) is 24.6 Å². The number of benzene rings is 1. The average Bonchev–Trinajstić information content (AvgIpc) is 2.58. The van der Waals surface area contributed by atoms with Crippen molar-refractivity contribution in [1.29, 1.82) is 0 Å². The van der Waals surface area contributed by atoms with Crippen LogP contribution in [0.15, 0.2) is 29.5 Å². The van der Waals surface area contributed by atoms with E-state index in [-0.39, 0.29) is 6.03 Å². The Hall–Kier alpha value is -2.70. The number of ether oxygens (including phenoxy) is 3. The number of nitrogens with zero attached hydrogens (tertiary/aromatic N) is 1. The topological polar surface area (TPSA) is 77.1 Å². The molecule has 2 amide bonds. The lowest BCUT2D eigenvalue weighted by Crippen LogP contribution is -2.46. The molecule has 23 heavy (non-hydrogen) atoms. The average molecular weight is 320 g/mol. The van der Waals surface area contributed by atoms with Gasteiger partial charge in [0, 0.05) is 12.7 Å². The van der Waals surface area contributed by atoms with Crippen LogP contribution in [0.3, 0.4) is 0 Å². The molecule has 0 spiro atoms. The Morgan fingerprint density at radius 2 is 1.83 bits per heavy atom. The zero-order valence-corrected chi connectivity index (χ0v) is 13.8. The number of hydrogen-bond acceptors (Lipinski definition) is 5. The molecule has 0 unspecified atom stereocenters. The third kappa shape index (κ3) is 2.94. The van der Waals surface area contributed by atoms with Crippen LogP contribution >= 0.6 is 0 Å². The van der Waals surface area contributed by atoms with Crippen LogP contribution in [-0.2, 0) is 9.53 Å². The van der Waals surface area contributed by atoms with E-state index in [0.29, 0.717) is 28.3 Å². The molecule has 1 atom stereocenters. The zero-order chi connectivity index (χ0) is 17.1. The van der Waals surface area contributed by atoms with Crippen LogP contribution in [0.4, 0.5) is 4.79 Å². The first-order chi connectivity index (χ1) is 10.9. The molecular formula is C16H20N2O5. The molecule has 0 radical (unpaired) electrons. The lowest BCUT2D eigenvalue weighted by molar-refractivity contribution is -0.136. The van der Waals surface area contributed by atoms with Crippen molar-refractivity contribution >= 4 is 12.0 Å². The third-order valence-corrected chi connectivity index (χ3v) is 3.90. The molecule has 7 nitrogen and oxygen atoms in total. The van der Waals surface area contributed by atoms with Crippen LogP contribution in [0, 0.1) is 0 Å². The van der Waals surface area contributed by atoms with Crippen LogP contribution in [0.25, 0.3) is 0 Å². The van der Waals surface area contributed by atoms with Gasteiger partial charge in [-0.1, -0.05) is 6.07 Å². The van der Waals surface area contributed by atoms with Crippen LogP contribution in [-0.4, -0.2) is 45.3 Å². The maximum Gasteiger partial charge on any atom is 0.337 e. The van der Waals surface area contributed by atoms with E-state index in [1.165, 1.54) is 19.1 Å². The minimum absolute atomic E-state index is 0.296. The highest BCUT2D eigenvalue weighted by molar-refractivity contribution is 5.94. The smallest absolute Gasteiger partial charge is 0.337 e. The second-order valence-electron chi connectivity index (χ2n) is 5.05. The fraction of sp³-hybridized carbons (Fsp3) is 0.375. The molecule has 124 valence electrons. The van der Waals surface area contributed by atoms with E-state index in [0.717, 1.165) is 0 Å². The number of urea groups is 1. The van der Waals surface area contributed by atoms with Crippen molar-refractivity contribution in [2.45, 2.75) is 13.0 Å². The Morgan fingerprint density at radius 1 is 1.17 bits per heavy atom. The number of nitrogens with one attached hydrogen (secondary N) is 1. The minimum atomic E-state index is -0.619. The van der Waals surface area contributed by atoms with Gasteiger partial charge in [0.1, 0.15) is 0 Å². The van der Waals surface area contributed by atoms with Gasteiger partial charge in [0.2, 0.25) is 0 Å². The first-order valence-corrected chi connectivity index (χ1v) is 6.99. The lowest BCUT2D eigenvalue weighted by Gasteiger charge is -2.33. The van der Waals surface area contributed by atoms with Gasteiger partial charge in [-0.2, -0.15) is 0 Å². The summed E-state index contributed by atoms with van der Waals surface area (Å²) in [6.07, 6.45) is 0. The summed E-state index contributed by atoms with van der Waals surface area (Å²) in [5.41, 5.74) is 1.62. The van der Waals surface area contributed by atoms with E-state index < -0.39 is 12.0 Å². The third-order valence-electron chi connectivity index (χ3n) is 3.90. The number of carbonyl (C=O) groups excluding carboxylic acids is 2. The number of esters is 1. The molecule has 1 aliphatic rings. The summed E-state index contributed by atoms with van der Waals surface area (Å²) >= 11 is 0. The fourth-order valence-corrected chi connectivity index (χ4v) is 2.49. The molecule has 7 heteroatoms. The van der Waals surface area contributed by atoms with Gasteiger partial charge in [0.25, 0.3) is 0 Å². The second-order valence-corrected chi connectivity index (χ2v) is 5.05. The molecule has 0 fully saturated rings. The van der Waals surface area contributed by atoms with Crippen LogP contribution < -0.4 is 14.8 Å². The van der Waals surface area contributed by atoms with Crippen molar-refractivity contribution in [1.82, 2.24) is 10.2 Å². The van der Waals surface area contributed by atoms with Crippen molar-refractivity contribution in [3.8, 4) is 11.5 Å². The van der Waals surface area contributed by atoms with Crippen molar-refractivity contribution in [2.75, 3.05) is 28.4 Å². The summed E-state index contributed by atoms with van der Waals surface area (Å²) < 4.78 is 15.4. The number of rotatable bonds is 4. The molecule has 0 bridgehead atoms. The minimum Gasteiger partial charge on any atom is -0.493 e. The van der Waals surface area contributed by atoms with Gasteiger partial charge >= 0.3 is 12.0 Å². The van der Waals surface area contributed by atoms with E-state index in [2.05, 4.69) is 5.32 Å². The van der Waals surface area contributed by atoms with Crippen molar-refractivity contribution in [3.63, 3.8) is 0 Å². The summed E-state index contributed by atoms with van der Waals surface area (Å²) in [6, 6.07) is 4.31. The Morgan fingerprint density at radius 3 is 2.39 bits per heavy atom. The van der Waals surface area contributed by atoms with Crippen molar-refractivity contribution < 1.29 is 23.8 Å². The molecule has 1 aromatic rings. The van der Waals surface area contributed by atoms with E-state index >= 15 is 0 Å². The summed E-state index contributed by atoms with van der Waals surface area (Å²) in [5.74, 6) is 0.588. The van der Waals surface area contributed by atoms with E-state index in [1.807, 2.05) is 0 Å². The van der Waals surface area contributed by atoms with Crippen molar-refractivity contribution in [3.05, 3.63) is 35.0 Å². The van der Waals surface area contributed by atoms with Gasteiger partial charge in [0.05, 0.1) is 32.9 Å². The number of carbonyl (C=O) groups is 2. The van der Waals surface area contributed by atoms with Crippen molar-refractivity contribution in [2.24, 2.45) is 0 Å². The molecular weight excluding hydrogens is 300 g/mol. The van der Waals surface area contributed by atoms with E-state index in [1.54, 1.807) is 39.3 Å². The lowest BCUT2D eigenvalue weighted by atomic mass is 9.94. The molecule has 0 aromatic heterocycles. The number of allylic oxidation sites excluding steroid dienone is 1. The highest BCUT2D eigenvalue weighted by Crippen LogP contribution is 2.35. The largest absolute Gasteiger partial charge is 0.493 e. The second kappa shape index (κ2) is 6.60. The van der Waals surface area contributed by atoms with Crippen LogP contribution in [0.2, 0.25) is 0 Å². The molecule has 1 heterocycles. The Bertz CT molecular complexity index is 668. The normalized spacial score (nSPS) is 17.7. The predicted octanol–water partition coefficient (Wildman–Crippen LogP) is 1.85. The molecule has 1 aromatic carbocycles. The highest BCUT2D eigenvalue weighted by atomic mass is 16.5. The number of amides is 2. The SMILES string of the molecule is COC(=O)C1=C(C)N(C)C(=O)N[C@@H]1c1ccc(OC)c(OC)c1. The maximum atomic E-state index is 12.2. The molecule has 0 aliphatic carbocycles. The van der Waals surface area contributed by atoms with Gasteiger partial charge in [-0.3, -0.25) is 0 Å². The quantitative estimate of drug-likeness (QED) is 0.857. The van der Waals surface area contributed by atoms with Gasteiger partial charge in [0.15, 0.2) is 11.5 Å². The summed E-state index contributed by atoms with van der Waals surface area (Å²) in [4.78, 5) is 25.7. The van der Waals surface area contributed by atoms with Gasteiger partial charge in [-0.25, -0.2) is 9.59 Å². The Labute approximate surface area is 134 Å². The van der Waals surface area contributed by atoms with E-state index in [9.17, 15) is 9.59 Å².